The average Bonchev–Trinajstić information content (AvgIpc) is 3.20. The predicted octanol–water partition coefficient (Wildman–Crippen LogP) is 5.38. The van der Waals surface area contributed by atoms with Crippen molar-refractivity contribution < 1.29 is 4.79 Å². The second-order valence-corrected chi connectivity index (χ2v) is 11.7. The van der Waals surface area contributed by atoms with Crippen molar-refractivity contribution in [2.45, 2.75) is 50.8 Å². The number of aryl methyl sites for hydroxylation is 1. The van der Waals surface area contributed by atoms with Crippen LogP contribution in [-0.2, 0) is 17.6 Å². The number of amides is 1. The molecule has 33 heavy (non-hydrogen) atoms. The van der Waals surface area contributed by atoms with Crippen molar-refractivity contribution in [1.29, 1.82) is 0 Å². The van der Waals surface area contributed by atoms with E-state index >= 15 is 0 Å². The number of anilines is 1. The van der Waals surface area contributed by atoms with Crippen molar-refractivity contribution in [3.63, 3.8) is 0 Å². The number of fused-ring (bicyclic) bond motifs is 3. The van der Waals surface area contributed by atoms with Crippen LogP contribution in [0.1, 0.15) is 49.4 Å². The van der Waals surface area contributed by atoms with Gasteiger partial charge in [0.15, 0.2) is 0 Å². The Morgan fingerprint density at radius 1 is 1.15 bits per heavy atom. The van der Waals surface area contributed by atoms with Gasteiger partial charge in [-0.25, -0.2) is 9.97 Å². The van der Waals surface area contributed by atoms with Gasteiger partial charge in [-0.05, 0) is 42.9 Å². The zero-order valence-electron chi connectivity index (χ0n) is 19.7. The van der Waals surface area contributed by atoms with Crippen LogP contribution in [0.4, 0.5) is 5.82 Å². The molecule has 3 aromatic rings. The van der Waals surface area contributed by atoms with Crippen LogP contribution in [0.25, 0.3) is 10.2 Å². The molecule has 0 saturated carbocycles. The van der Waals surface area contributed by atoms with Crippen LogP contribution in [0.3, 0.4) is 0 Å². The number of carbonyl (C=O) groups is 1. The molecule has 174 valence electrons. The zero-order chi connectivity index (χ0) is 22.9. The van der Waals surface area contributed by atoms with E-state index in [-0.39, 0.29) is 5.91 Å². The first kappa shape index (κ1) is 22.7. The van der Waals surface area contributed by atoms with Gasteiger partial charge in [-0.1, -0.05) is 39.0 Å². The molecule has 3 heterocycles. The van der Waals surface area contributed by atoms with E-state index < -0.39 is 0 Å². The number of benzene rings is 1. The number of nitrogens with zero attached hydrogens (tertiary/aromatic N) is 4. The minimum Gasteiger partial charge on any atom is -0.352 e. The van der Waals surface area contributed by atoms with Gasteiger partial charge in [0.2, 0.25) is 5.91 Å². The van der Waals surface area contributed by atoms with E-state index in [2.05, 4.69) is 37.8 Å². The molecule has 2 aliphatic rings. The van der Waals surface area contributed by atoms with Crippen molar-refractivity contribution in [3.05, 3.63) is 46.6 Å². The molecule has 7 heteroatoms. The first-order valence-electron chi connectivity index (χ1n) is 12.0. The topological polar surface area (TPSA) is 49.3 Å². The third-order valence-electron chi connectivity index (χ3n) is 6.71. The molecule has 1 amide bonds. The molecule has 5 nitrogen and oxygen atoms in total. The van der Waals surface area contributed by atoms with Gasteiger partial charge in [0, 0.05) is 41.9 Å². The summed E-state index contributed by atoms with van der Waals surface area (Å²) >= 11 is 3.50. The number of rotatable bonds is 5. The quantitative estimate of drug-likeness (QED) is 0.459. The maximum Gasteiger partial charge on any atom is 0.233 e. The Morgan fingerprint density at radius 2 is 1.91 bits per heavy atom. The van der Waals surface area contributed by atoms with E-state index in [1.165, 1.54) is 22.2 Å². The molecule has 1 unspecified atom stereocenters. The first-order chi connectivity index (χ1) is 16.0. The Hall–Kier alpha value is -2.12. The highest BCUT2D eigenvalue weighted by Crippen LogP contribution is 2.41. The lowest BCUT2D eigenvalue weighted by Gasteiger charge is -2.36. The van der Waals surface area contributed by atoms with Crippen molar-refractivity contribution in [3.8, 4) is 0 Å². The Balaban J connectivity index is 1.34. The highest BCUT2D eigenvalue weighted by Gasteiger charge is 2.28. The van der Waals surface area contributed by atoms with Gasteiger partial charge in [0.1, 0.15) is 16.5 Å². The van der Waals surface area contributed by atoms with Gasteiger partial charge in [-0.15, -0.1) is 23.1 Å². The van der Waals surface area contributed by atoms with Gasteiger partial charge >= 0.3 is 0 Å². The summed E-state index contributed by atoms with van der Waals surface area (Å²) in [6.45, 7) is 9.84. The number of piperazine rings is 1. The Morgan fingerprint density at radius 3 is 2.64 bits per heavy atom. The summed E-state index contributed by atoms with van der Waals surface area (Å²) in [7, 11) is 0. The predicted molar refractivity (Wildman–Crippen MR) is 139 cm³/mol. The summed E-state index contributed by atoms with van der Waals surface area (Å²) in [6.07, 6.45) is 3.53. The SMILES string of the molecule is CC1CCc2c(sc3nc(C(C)C)nc(N4CCN(C(=O)CSc5ccccc5)CC4)c23)C1. The van der Waals surface area contributed by atoms with Gasteiger partial charge < -0.3 is 9.80 Å². The lowest BCUT2D eigenvalue weighted by Crippen LogP contribution is -2.49. The lowest BCUT2D eigenvalue weighted by atomic mass is 9.89. The first-order valence-corrected chi connectivity index (χ1v) is 13.8. The number of aromatic nitrogens is 2. The van der Waals surface area contributed by atoms with E-state index in [1.54, 1.807) is 11.8 Å². The molecule has 2 aromatic heterocycles. The molecular weight excluding hydrogens is 448 g/mol. The summed E-state index contributed by atoms with van der Waals surface area (Å²) in [4.78, 5) is 31.1. The van der Waals surface area contributed by atoms with Crippen molar-refractivity contribution in [1.82, 2.24) is 14.9 Å². The van der Waals surface area contributed by atoms with Gasteiger partial charge in [0.25, 0.3) is 0 Å². The molecule has 1 aromatic carbocycles. The second-order valence-electron chi connectivity index (χ2n) is 9.56. The van der Waals surface area contributed by atoms with Crippen molar-refractivity contribution in [2.24, 2.45) is 5.92 Å². The molecular formula is C26H32N4OS2. The number of carbonyl (C=O) groups excluding carboxylic acids is 1. The molecule has 1 aliphatic carbocycles. The fourth-order valence-corrected chi connectivity index (χ4v) is 6.95. The van der Waals surface area contributed by atoms with Crippen LogP contribution in [0.5, 0.6) is 0 Å². The highest BCUT2D eigenvalue weighted by molar-refractivity contribution is 8.00. The van der Waals surface area contributed by atoms with Crippen LogP contribution >= 0.6 is 23.1 Å². The monoisotopic (exact) mass is 480 g/mol. The molecule has 0 radical (unpaired) electrons. The van der Waals surface area contributed by atoms with Gasteiger partial charge in [-0.3, -0.25) is 4.79 Å². The lowest BCUT2D eigenvalue weighted by molar-refractivity contribution is -0.128. The van der Waals surface area contributed by atoms with E-state index in [1.807, 2.05) is 34.4 Å². The van der Waals surface area contributed by atoms with E-state index in [4.69, 9.17) is 9.97 Å². The smallest absolute Gasteiger partial charge is 0.233 e. The van der Waals surface area contributed by atoms with E-state index in [0.717, 1.165) is 66.3 Å². The molecule has 5 rings (SSSR count). The number of thioether (sulfide) groups is 1. The summed E-state index contributed by atoms with van der Waals surface area (Å²) < 4.78 is 0. The Kier molecular flexibility index (Phi) is 6.61. The molecule has 0 N–H and O–H groups in total. The summed E-state index contributed by atoms with van der Waals surface area (Å²) in [5.74, 6) is 3.79. The van der Waals surface area contributed by atoms with E-state index in [9.17, 15) is 4.79 Å². The second kappa shape index (κ2) is 9.63. The normalized spacial score (nSPS) is 18.7. The van der Waals surface area contributed by atoms with Crippen LogP contribution in [-0.4, -0.2) is 52.7 Å². The molecule has 1 saturated heterocycles. The number of thiophene rings is 1. The van der Waals surface area contributed by atoms with Gasteiger partial charge in [-0.2, -0.15) is 0 Å². The fraction of sp³-hybridized carbons (Fsp3) is 0.500. The summed E-state index contributed by atoms with van der Waals surface area (Å²) in [6, 6.07) is 10.2. The molecule has 1 aliphatic heterocycles. The third kappa shape index (κ3) is 4.76. The Bertz CT molecular complexity index is 1140. The van der Waals surface area contributed by atoms with Crippen LogP contribution < -0.4 is 4.90 Å². The van der Waals surface area contributed by atoms with Crippen molar-refractivity contribution >= 4 is 45.0 Å². The van der Waals surface area contributed by atoms with Crippen LogP contribution in [0.2, 0.25) is 0 Å². The van der Waals surface area contributed by atoms with E-state index in [0.29, 0.717) is 11.7 Å². The molecule has 0 bridgehead atoms. The highest BCUT2D eigenvalue weighted by atomic mass is 32.2. The minimum atomic E-state index is 0.223. The fourth-order valence-electron chi connectivity index (χ4n) is 4.75. The van der Waals surface area contributed by atoms with Crippen LogP contribution in [0, 0.1) is 5.92 Å². The maximum atomic E-state index is 12.8. The minimum absolute atomic E-state index is 0.223. The standard InChI is InChI=1S/C26H32N4OS2/c1-17(2)24-27-25(23-20-10-9-18(3)15-21(20)33-26(23)28-24)30-13-11-29(12-14-30)22(31)16-32-19-7-5-4-6-8-19/h4-8,17-18H,9-16H2,1-3H3. The molecule has 1 fully saturated rings. The number of hydrogen-bond donors (Lipinski definition) is 0. The largest absolute Gasteiger partial charge is 0.352 e. The zero-order valence-corrected chi connectivity index (χ0v) is 21.3. The van der Waals surface area contributed by atoms with Crippen molar-refractivity contribution in [2.75, 3.05) is 36.8 Å². The Labute approximate surface area is 204 Å². The van der Waals surface area contributed by atoms with Gasteiger partial charge in [0.05, 0.1) is 11.1 Å². The summed E-state index contributed by atoms with van der Waals surface area (Å²) in [5, 5.41) is 1.28. The average molecular weight is 481 g/mol. The number of hydrogen-bond acceptors (Lipinski definition) is 6. The third-order valence-corrected chi connectivity index (χ3v) is 8.85. The van der Waals surface area contributed by atoms with Crippen LogP contribution in [0.15, 0.2) is 35.2 Å². The summed E-state index contributed by atoms with van der Waals surface area (Å²) in [5.41, 5.74) is 1.48. The maximum absolute atomic E-state index is 12.8. The molecule has 1 atom stereocenters. The molecule has 0 spiro atoms.